The number of guanidine groups is 1. The monoisotopic (exact) mass is 399 g/mol. The van der Waals surface area contributed by atoms with Crippen LogP contribution >= 0.6 is 24.0 Å². The van der Waals surface area contributed by atoms with E-state index in [1.807, 2.05) is 0 Å². The smallest absolute Gasteiger partial charge is 0.191 e. The van der Waals surface area contributed by atoms with E-state index in [1.165, 1.54) is 44.1 Å². The molecule has 1 heterocycles. The summed E-state index contributed by atoms with van der Waals surface area (Å²) in [7, 11) is 0. The number of nitrogens with two attached hydrogens (primary N) is 1. The number of piperidine rings is 1. The van der Waals surface area contributed by atoms with E-state index in [1.54, 1.807) is 0 Å². The Morgan fingerprint density at radius 3 is 2.29 bits per heavy atom. The van der Waals surface area contributed by atoms with E-state index in [-0.39, 0.29) is 29.4 Å². The highest BCUT2D eigenvalue weighted by Crippen LogP contribution is 2.43. The summed E-state index contributed by atoms with van der Waals surface area (Å²) in [5.41, 5.74) is 7.87. The Bertz CT molecular complexity index is 462. The third-order valence-corrected chi connectivity index (χ3v) is 4.92. The molecule has 0 amide bonds. The van der Waals surface area contributed by atoms with Crippen LogP contribution in [0.4, 0.5) is 0 Å². The first kappa shape index (κ1) is 16.6. The van der Waals surface area contributed by atoms with Gasteiger partial charge >= 0.3 is 0 Å². The average Bonchev–Trinajstić information content (AvgIpc) is 2.48. The first-order valence-corrected chi connectivity index (χ1v) is 7.91. The molecule has 0 aromatic heterocycles. The van der Waals surface area contributed by atoms with Crippen LogP contribution in [0.3, 0.4) is 0 Å². The van der Waals surface area contributed by atoms with Crippen molar-refractivity contribution in [1.29, 1.82) is 0 Å². The zero-order valence-corrected chi connectivity index (χ0v) is 15.0. The van der Waals surface area contributed by atoms with Gasteiger partial charge in [0.25, 0.3) is 0 Å². The van der Waals surface area contributed by atoms with E-state index in [9.17, 15) is 0 Å². The van der Waals surface area contributed by atoms with Gasteiger partial charge in [-0.3, -0.25) is 4.99 Å². The Kier molecular flexibility index (Phi) is 5.90. The molecule has 1 aliphatic carbocycles. The minimum absolute atomic E-state index is 0. The van der Waals surface area contributed by atoms with E-state index < -0.39 is 0 Å². The molecule has 1 saturated carbocycles. The Balaban J connectivity index is 0.00000161. The Labute approximate surface area is 145 Å². The summed E-state index contributed by atoms with van der Waals surface area (Å²) in [5, 5.41) is 0. The maximum Gasteiger partial charge on any atom is 0.191 e. The summed E-state index contributed by atoms with van der Waals surface area (Å²) in [6.07, 6.45) is 7.63. The number of rotatable bonds is 3. The zero-order chi connectivity index (χ0) is 13.8. The lowest BCUT2D eigenvalue weighted by Gasteiger charge is -2.41. The first-order valence-electron chi connectivity index (χ1n) is 7.91. The molecule has 0 spiro atoms. The fourth-order valence-corrected chi connectivity index (χ4v) is 3.39. The van der Waals surface area contributed by atoms with E-state index in [0.717, 1.165) is 25.6 Å². The SMILES string of the molecule is I.NC(=NCC1(c2ccccc2)CCC1)N1CCCCC1. The van der Waals surface area contributed by atoms with Crippen LogP contribution in [0.5, 0.6) is 0 Å². The van der Waals surface area contributed by atoms with Crippen molar-refractivity contribution < 1.29 is 0 Å². The van der Waals surface area contributed by atoms with Gasteiger partial charge in [0.2, 0.25) is 0 Å². The van der Waals surface area contributed by atoms with Crippen LogP contribution in [0, 0.1) is 0 Å². The number of likely N-dealkylation sites (tertiary alicyclic amines) is 1. The van der Waals surface area contributed by atoms with Crippen LogP contribution in [0.15, 0.2) is 35.3 Å². The number of nitrogens with zero attached hydrogens (tertiary/aromatic N) is 2. The van der Waals surface area contributed by atoms with Crippen molar-refractivity contribution in [3.63, 3.8) is 0 Å². The predicted molar refractivity (Wildman–Crippen MR) is 99.3 cm³/mol. The summed E-state index contributed by atoms with van der Waals surface area (Å²) in [4.78, 5) is 6.99. The summed E-state index contributed by atoms with van der Waals surface area (Å²) in [5.74, 6) is 0.756. The largest absolute Gasteiger partial charge is 0.370 e. The fourth-order valence-electron chi connectivity index (χ4n) is 3.39. The molecule has 1 aromatic carbocycles. The molecule has 3 rings (SSSR count). The summed E-state index contributed by atoms with van der Waals surface area (Å²) in [6, 6.07) is 10.8. The average molecular weight is 399 g/mol. The molecule has 0 bridgehead atoms. The summed E-state index contributed by atoms with van der Waals surface area (Å²) >= 11 is 0. The minimum atomic E-state index is 0. The van der Waals surface area contributed by atoms with Crippen LogP contribution < -0.4 is 5.73 Å². The van der Waals surface area contributed by atoms with Gasteiger partial charge in [0.05, 0.1) is 6.54 Å². The predicted octanol–water partition coefficient (Wildman–Crippen LogP) is 3.53. The van der Waals surface area contributed by atoms with Crippen LogP contribution in [-0.4, -0.2) is 30.5 Å². The fraction of sp³-hybridized carbons (Fsp3) is 0.588. The molecule has 0 radical (unpaired) electrons. The lowest BCUT2D eigenvalue weighted by molar-refractivity contribution is 0.251. The molecule has 1 saturated heterocycles. The van der Waals surface area contributed by atoms with E-state index in [4.69, 9.17) is 10.7 Å². The number of aliphatic imine (C=N–C) groups is 1. The maximum absolute atomic E-state index is 6.19. The van der Waals surface area contributed by atoms with Crippen LogP contribution in [-0.2, 0) is 5.41 Å². The topological polar surface area (TPSA) is 41.6 Å². The Morgan fingerprint density at radius 1 is 1.05 bits per heavy atom. The molecule has 0 unspecified atom stereocenters. The molecule has 21 heavy (non-hydrogen) atoms. The van der Waals surface area contributed by atoms with Gasteiger partial charge in [-0.25, -0.2) is 0 Å². The standard InChI is InChI=1S/C17H25N3.HI/c18-16(20-12-5-2-6-13-20)19-14-17(10-7-11-17)15-8-3-1-4-9-15;/h1,3-4,8-9H,2,5-7,10-14H2,(H2,18,19);1H. The highest BCUT2D eigenvalue weighted by molar-refractivity contribution is 14.0. The van der Waals surface area contributed by atoms with Crippen LogP contribution in [0.25, 0.3) is 0 Å². The van der Waals surface area contributed by atoms with Crippen molar-refractivity contribution >= 4 is 29.9 Å². The second-order valence-electron chi connectivity index (χ2n) is 6.22. The maximum atomic E-state index is 6.19. The van der Waals surface area contributed by atoms with Gasteiger partial charge in [-0.1, -0.05) is 36.8 Å². The molecular formula is C17H26IN3. The molecular weight excluding hydrogens is 373 g/mol. The third-order valence-electron chi connectivity index (χ3n) is 4.92. The second-order valence-corrected chi connectivity index (χ2v) is 6.22. The van der Waals surface area contributed by atoms with Crippen LogP contribution in [0.1, 0.15) is 44.1 Å². The lowest BCUT2D eigenvalue weighted by Crippen LogP contribution is -2.43. The molecule has 1 aliphatic heterocycles. The highest BCUT2D eigenvalue weighted by atomic mass is 127. The lowest BCUT2D eigenvalue weighted by atomic mass is 9.64. The third kappa shape index (κ3) is 3.71. The van der Waals surface area contributed by atoms with E-state index in [2.05, 4.69) is 35.2 Å². The number of hydrogen-bond acceptors (Lipinski definition) is 1. The van der Waals surface area contributed by atoms with Gasteiger partial charge < -0.3 is 10.6 Å². The summed E-state index contributed by atoms with van der Waals surface area (Å²) < 4.78 is 0. The quantitative estimate of drug-likeness (QED) is 0.480. The van der Waals surface area contributed by atoms with Crippen molar-refractivity contribution in [2.45, 2.75) is 43.9 Å². The van der Waals surface area contributed by atoms with E-state index in [0.29, 0.717) is 0 Å². The molecule has 1 aromatic rings. The van der Waals surface area contributed by atoms with Gasteiger partial charge in [-0.15, -0.1) is 24.0 Å². The van der Waals surface area contributed by atoms with Crippen molar-refractivity contribution in [2.75, 3.05) is 19.6 Å². The minimum Gasteiger partial charge on any atom is -0.370 e. The number of halogens is 1. The van der Waals surface area contributed by atoms with Crippen LogP contribution in [0.2, 0.25) is 0 Å². The molecule has 2 N–H and O–H groups in total. The van der Waals surface area contributed by atoms with Gasteiger partial charge in [-0.05, 0) is 37.7 Å². The van der Waals surface area contributed by atoms with Gasteiger partial charge in [0.1, 0.15) is 0 Å². The zero-order valence-electron chi connectivity index (χ0n) is 12.6. The molecule has 4 heteroatoms. The summed E-state index contributed by atoms with van der Waals surface area (Å²) in [6.45, 7) is 3.00. The first-order chi connectivity index (χ1) is 9.80. The van der Waals surface area contributed by atoms with Crippen molar-refractivity contribution in [3.05, 3.63) is 35.9 Å². The number of benzene rings is 1. The van der Waals surface area contributed by atoms with Gasteiger partial charge in [0, 0.05) is 18.5 Å². The Morgan fingerprint density at radius 2 is 1.71 bits per heavy atom. The van der Waals surface area contributed by atoms with Gasteiger partial charge in [-0.2, -0.15) is 0 Å². The molecule has 0 atom stereocenters. The molecule has 2 aliphatic rings. The highest BCUT2D eigenvalue weighted by Gasteiger charge is 2.38. The molecule has 2 fully saturated rings. The molecule has 3 nitrogen and oxygen atoms in total. The molecule has 116 valence electrons. The normalized spacial score (nSPS) is 21.3. The van der Waals surface area contributed by atoms with Crippen molar-refractivity contribution in [1.82, 2.24) is 4.90 Å². The Hall–Kier alpha value is -0.780. The van der Waals surface area contributed by atoms with Crippen molar-refractivity contribution in [2.24, 2.45) is 10.7 Å². The second kappa shape index (κ2) is 7.47. The van der Waals surface area contributed by atoms with Crippen molar-refractivity contribution in [3.8, 4) is 0 Å². The number of hydrogen-bond donors (Lipinski definition) is 1. The van der Waals surface area contributed by atoms with E-state index >= 15 is 0 Å². The van der Waals surface area contributed by atoms with Gasteiger partial charge in [0.15, 0.2) is 5.96 Å².